The molecule has 3 N–H and O–H groups in total. The minimum atomic E-state index is -1.01. The van der Waals surface area contributed by atoms with E-state index in [1.165, 1.54) is 12.1 Å². The van der Waals surface area contributed by atoms with Crippen molar-refractivity contribution in [2.75, 3.05) is 6.54 Å². The predicted octanol–water partition coefficient (Wildman–Crippen LogP) is 5.73. The zero-order valence-corrected chi connectivity index (χ0v) is 25.3. The third kappa shape index (κ3) is 9.88. The largest absolute Gasteiger partial charge is 0.508 e. The highest BCUT2D eigenvalue weighted by molar-refractivity contribution is 5.92. The Hall–Kier alpha value is -3.55. The van der Waals surface area contributed by atoms with E-state index in [9.17, 15) is 19.5 Å². The van der Waals surface area contributed by atoms with Crippen LogP contribution in [0.25, 0.3) is 0 Å². The number of amides is 3. The van der Waals surface area contributed by atoms with Crippen molar-refractivity contribution in [3.05, 3.63) is 64.7 Å². The van der Waals surface area contributed by atoms with Crippen LogP contribution in [0, 0.1) is 13.8 Å². The monoisotopic (exact) mass is 553 g/mol. The summed E-state index contributed by atoms with van der Waals surface area (Å²) in [5.41, 5.74) is 2.60. The van der Waals surface area contributed by atoms with Crippen LogP contribution in [0.3, 0.4) is 0 Å². The van der Waals surface area contributed by atoms with Crippen LogP contribution in [0.1, 0.15) is 89.1 Å². The van der Waals surface area contributed by atoms with Crippen molar-refractivity contribution in [1.82, 2.24) is 15.5 Å². The molecule has 0 aliphatic heterocycles. The summed E-state index contributed by atoms with van der Waals surface area (Å²) in [6.45, 7) is 15.5. The minimum Gasteiger partial charge on any atom is -0.508 e. The van der Waals surface area contributed by atoms with E-state index in [-0.39, 0.29) is 24.1 Å². The van der Waals surface area contributed by atoms with E-state index in [2.05, 4.69) is 17.6 Å². The molecule has 0 saturated heterocycles. The number of phenols is 1. The number of benzene rings is 2. The molecule has 0 spiro atoms. The van der Waals surface area contributed by atoms with Crippen molar-refractivity contribution in [3.8, 4) is 5.75 Å². The number of unbranched alkanes of at least 4 members (excludes halogenated alkanes) is 2. The van der Waals surface area contributed by atoms with Crippen LogP contribution < -0.4 is 10.6 Å². The Morgan fingerprint density at radius 2 is 1.65 bits per heavy atom. The quantitative estimate of drug-likeness (QED) is 0.291. The average Bonchev–Trinajstić information content (AvgIpc) is 2.85. The van der Waals surface area contributed by atoms with E-state index in [4.69, 9.17) is 4.74 Å². The zero-order chi connectivity index (χ0) is 30.0. The van der Waals surface area contributed by atoms with Crippen LogP contribution in [0.2, 0.25) is 0 Å². The summed E-state index contributed by atoms with van der Waals surface area (Å²) in [7, 11) is 0. The second-order valence-electron chi connectivity index (χ2n) is 11.7. The highest BCUT2D eigenvalue weighted by Gasteiger charge is 2.38. The lowest BCUT2D eigenvalue weighted by atomic mass is 9.94. The number of ether oxygens (including phenoxy) is 1. The van der Waals surface area contributed by atoms with Gasteiger partial charge in [0.2, 0.25) is 11.8 Å². The molecule has 0 aromatic heterocycles. The maximum Gasteiger partial charge on any atom is 0.408 e. The Balaban J connectivity index is 2.55. The number of aryl methyl sites for hydroxylation is 2. The zero-order valence-electron chi connectivity index (χ0n) is 25.3. The number of aromatic hydroxyl groups is 1. The first-order valence-corrected chi connectivity index (χ1v) is 14.2. The van der Waals surface area contributed by atoms with E-state index < -0.39 is 29.7 Å². The van der Waals surface area contributed by atoms with Crippen molar-refractivity contribution in [2.24, 2.45) is 0 Å². The molecule has 2 aromatic rings. The van der Waals surface area contributed by atoms with Gasteiger partial charge in [0, 0.05) is 19.0 Å². The first-order chi connectivity index (χ1) is 18.7. The van der Waals surface area contributed by atoms with Gasteiger partial charge < -0.3 is 25.4 Å². The Kier molecular flexibility index (Phi) is 12.0. The van der Waals surface area contributed by atoms with Crippen molar-refractivity contribution in [2.45, 2.75) is 105 Å². The lowest BCUT2D eigenvalue weighted by Gasteiger charge is -2.38. The van der Waals surface area contributed by atoms with Crippen LogP contribution >= 0.6 is 0 Å². The molecule has 40 heavy (non-hydrogen) atoms. The molecular weight excluding hydrogens is 506 g/mol. The molecule has 2 unspecified atom stereocenters. The average molecular weight is 554 g/mol. The minimum absolute atomic E-state index is 0.102. The van der Waals surface area contributed by atoms with Crippen molar-refractivity contribution < 1.29 is 24.2 Å². The molecule has 0 fully saturated rings. The second kappa shape index (κ2) is 14.7. The van der Waals surface area contributed by atoms with Gasteiger partial charge >= 0.3 is 6.09 Å². The molecule has 8 nitrogen and oxygen atoms in total. The predicted molar refractivity (Wildman–Crippen MR) is 158 cm³/mol. The van der Waals surface area contributed by atoms with E-state index in [0.717, 1.165) is 41.5 Å². The van der Waals surface area contributed by atoms with Crippen molar-refractivity contribution in [1.29, 1.82) is 0 Å². The number of rotatable bonds is 12. The molecule has 2 atom stereocenters. The molecule has 0 radical (unpaired) electrons. The van der Waals surface area contributed by atoms with Gasteiger partial charge in [-0.15, -0.1) is 0 Å². The molecule has 8 heteroatoms. The summed E-state index contributed by atoms with van der Waals surface area (Å²) >= 11 is 0. The van der Waals surface area contributed by atoms with Gasteiger partial charge in [-0.25, -0.2) is 4.79 Å². The van der Waals surface area contributed by atoms with Crippen molar-refractivity contribution in [3.63, 3.8) is 0 Å². The van der Waals surface area contributed by atoms with Crippen molar-refractivity contribution >= 4 is 17.9 Å². The molecule has 2 rings (SSSR count). The third-order valence-corrected chi connectivity index (χ3v) is 6.51. The summed E-state index contributed by atoms with van der Waals surface area (Å²) in [4.78, 5) is 42.6. The Morgan fingerprint density at radius 3 is 2.23 bits per heavy atom. The molecule has 0 aliphatic rings. The number of carbonyl (C=O) groups is 3. The van der Waals surface area contributed by atoms with Crippen LogP contribution in [0.5, 0.6) is 5.75 Å². The van der Waals surface area contributed by atoms with E-state index in [1.807, 2.05) is 45.9 Å². The van der Waals surface area contributed by atoms with Crippen LogP contribution in [-0.2, 0) is 20.7 Å². The maximum absolute atomic E-state index is 14.4. The van der Waals surface area contributed by atoms with Crippen LogP contribution in [0.15, 0.2) is 42.5 Å². The van der Waals surface area contributed by atoms with E-state index >= 15 is 0 Å². The topological polar surface area (TPSA) is 108 Å². The van der Waals surface area contributed by atoms with Gasteiger partial charge in [0.1, 0.15) is 23.4 Å². The number of hydrogen-bond acceptors (Lipinski definition) is 5. The normalized spacial score (nSPS) is 12.9. The number of carbonyl (C=O) groups excluding carboxylic acids is 3. The number of nitrogens with one attached hydrogen (secondary N) is 2. The number of alkyl carbamates (subject to hydrolysis) is 1. The number of hydrogen-bond donors (Lipinski definition) is 3. The maximum atomic E-state index is 14.4. The van der Waals surface area contributed by atoms with Gasteiger partial charge in [-0.2, -0.15) is 0 Å². The highest BCUT2D eigenvalue weighted by Crippen LogP contribution is 2.29. The molecule has 0 aliphatic carbocycles. The lowest BCUT2D eigenvalue weighted by Crippen LogP contribution is -2.55. The van der Waals surface area contributed by atoms with Gasteiger partial charge in [0.15, 0.2) is 0 Å². The third-order valence-electron chi connectivity index (χ3n) is 6.51. The lowest BCUT2D eigenvalue weighted by molar-refractivity contribution is -0.144. The molecule has 3 amide bonds. The summed E-state index contributed by atoms with van der Waals surface area (Å²) in [5, 5.41) is 15.5. The molecule has 0 saturated carbocycles. The molecule has 2 aromatic carbocycles. The van der Waals surface area contributed by atoms with Gasteiger partial charge in [-0.3, -0.25) is 9.59 Å². The Morgan fingerprint density at radius 1 is 1.00 bits per heavy atom. The molecule has 220 valence electrons. The molecular formula is C32H47N3O5. The first-order valence-electron chi connectivity index (χ1n) is 14.2. The van der Waals surface area contributed by atoms with Crippen LogP contribution in [-0.4, -0.2) is 52.1 Å². The van der Waals surface area contributed by atoms with Gasteiger partial charge in [0.25, 0.3) is 0 Å². The second-order valence-corrected chi connectivity index (χ2v) is 11.7. The summed E-state index contributed by atoms with van der Waals surface area (Å²) in [6, 6.07) is 10.1. The SMILES string of the molecule is CCCCCNC(=O)C(c1cc(C)ccc1C)N(C(=O)C(Cc1ccc(O)cc1)NC(=O)OC(C)(C)C)C(C)C. The first kappa shape index (κ1) is 32.7. The van der Waals surface area contributed by atoms with Crippen LogP contribution in [0.4, 0.5) is 4.79 Å². The fourth-order valence-electron chi connectivity index (χ4n) is 4.53. The fraction of sp³-hybridized carbons (Fsp3) is 0.531. The highest BCUT2D eigenvalue weighted by atomic mass is 16.6. The van der Waals surface area contributed by atoms with E-state index in [1.54, 1.807) is 37.8 Å². The Bertz CT molecular complexity index is 1140. The molecule has 0 bridgehead atoms. The van der Waals surface area contributed by atoms with Gasteiger partial charge in [-0.1, -0.05) is 55.7 Å². The fourth-order valence-corrected chi connectivity index (χ4v) is 4.53. The Labute approximate surface area is 239 Å². The smallest absolute Gasteiger partial charge is 0.408 e. The van der Waals surface area contributed by atoms with Gasteiger partial charge in [-0.05, 0) is 83.7 Å². The summed E-state index contributed by atoms with van der Waals surface area (Å²) in [6.07, 6.45) is 2.30. The molecule has 0 heterocycles. The number of phenolic OH excluding ortho intramolecular Hbond substituents is 1. The number of nitrogens with zero attached hydrogens (tertiary/aromatic N) is 1. The summed E-state index contributed by atoms with van der Waals surface area (Å²) in [5.74, 6) is -0.554. The standard InChI is InChI=1S/C32H47N3O5/c1-9-10-11-18-33-29(37)28(26-19-22(4)12-13-23(26)5)35(21(2)3)30(38)27(34-31(39)40-32(6,7)8)20-24-14-16-25(36)17-15-24/h12-17,19,21,27-28,36H,9-11,18,20H2,1-8H3,(H,33,37)(H,34,39). The summed E-state index contributed by atoms with van der Waals surface area (Å²) < 4.78 is 5.48. The van der Waals surface area contributed by atoms with E-state index in [0.29, 0.717) is 6.54 Å². The van der Waals surface area contributed by atoms with Gasteiger partial charge in [0.05, 0.1) is 0 Å².